The first-order valence-corrected chi connectivity index (χ1v) is 23.7. The summed E-state index contributed by atoms with van der Waals surface area (Å²) in [4.78, 5) is 59.9. The van der Waals surface area contributed by atoms with Crippen molar-refractivity contribution in [3.63, 3.8) is 0 Å². The van der Waals surface area contributed by atoms with Crippen molar-refractivity contribution in [1.29, 1.82) is 0 Å². The third kappa shape index (κ3) is 8.79. The summed E-state index contributed by atoms with van der Waals surface area (Å²) in [5, 5.41) is 17.4. The molecule has 4 aliphatic heterocycles. The number of amides is 2. The van der Waals surface area contributed by atoms with E-state index in [-0.39, 0.29) is 70.6 Å². The molecule has 0 spiro atoms. The minimum Gasteiger partial charge on any atom is -0.508 e. The molecule has 6 heterocycles. The Kier molecular flexibility index (Phi) is 12.1. The number of piperazine rings is 1. The Morgan fingerprint density at radius 2 is 1.85 bits per heavy atom. The zero-order chi connectivity index (χ0) is 46.6. The molecule has 3 N–H and O–H groups in total. The number of nitrogens with one attached hydrogen (secondary N) is 2. The van der Waals surface area contributed by atoms with Gasteiger partial charge in [0.15, 0.2) is 5.82 Å². The number of fused-ring (bicyclic) bond motifs is 5. The number of nitrogens with zero attached hydrogens (tertiary/aromatic N) is 7. The highest BCUT2D eigenvalue weighted by Crippen LogP contribution is 2.47. The fourth-order valence-corrected chi connectivity index (χ4v) is 11.2. The second-order valence-corrected chi connectivity index (χ2v) is 19.6. The van der Waals surface area contributed by atoms with Gasteiger partial charge in [-0.15, -0.1) is 6.42 Å². The van der Waals surface area contributed by atoms with Crippen molar-refractivity contribution in [2.45, 2.75) is 88.9 Å². The molecule has 3 unspecified atom stereocenters. The van der Waals surface area contributed by atoms with Crippen LogP contribution in [-0.2, 0) is 22.6 Å². The fraction of sp³-hybridized carbons (Fsp3) is 0.490. The Hall–Kier alpha value is -6.18. The molecular formula is C51H57F2N9O5. The van der Waals surface area contributed by atoms with Crippen LogP contribution in [0.2, 0.25) is 0 Å². The molecule has 6 aliphatic rings. The number of phenols is 1. The average molecular weight is 914 g/mol. The number of aldehydes is 1. The van der Waals surface area contributed by atoms with Gasteiger partial charge in [-0.1, -0.05) is 12.0 Å². The summed E-state index contributed by atoms with van der Waals surface area (Å²) in [5.41, 5.74) is 3.62. The Morgan fingerprint density at radius 1 is 1.07 bits per heavy atom. The van der Waals surface area contributed by atoms with Crippen molar-refractivity contribution in [2.75, 3.05) is 69.8 Å². The quantitative estimate of drug-likeness (QED) is 0.0977. The van der Waals surface area contributed by atoms with Crippen LogP contribution >= 0.6 is 0 Å². The number of terminal acetylenes is 1. The first kappa shape index (κ1) is 44.6. The molecule has 16 heteroatoms. The van der Waals surface area contributed by atoms with Gasteiger partial charge in [-0.2, -0.15) is 9.97 Å². The number of aryl methyl sites for hydroxylation is 1. The zero-order valence-corrected chi connectivity index (χ0v) is 38.1. The number of ether oxygens (including phenoxy) is 1. The molecule has 3 saturated heterocycles. The van der Waals surface area contributed by atoms with Crippen LogP contribution in [0.1, 0.15) is 84.8 Å². The lowest BCUT2D eigenvalue weighted by Gasteiger charge is -2.36. The normalized spacial score (nSPS) is 21.4. The molecule has 2 aromatic carbocycles. The van der Waals surface area contributed by atoms with E-state index in [1.54, 1.807) is 24.2 Å². The van der Waals surface area contributed by atoms with E-state index in [9.17, 15) is 19.5 Å². The highest BCUT2D eigenvalue weighted by atomic mass is 19.1. The monoisotopic (exact) mass is 913 g/mol. The van der Waals surface area contributed by atoms with Gasteiger partial charge in [0.05, 0.1) is 23.6 Å². The van der Waals surface area contributed by atoms with E-state index in [0.29, 0.717) is 78.6 Å². The molecule has 4 aromatic rings. The van der Waals surface area contributed by atoms with Crippen LogP contribution in [0.4, 0.5) is 20.3 Å². The van der Waals surface area contributed by atoms with Gasteiger partial charge in [-0.05, 0) is 99.7 Å². The number of piperidine rings is 1. The van der Waals surface area contributed by atoms with Crippen LogP contribution in [-0.4, -0.2) is 126 Å². The third-order valence-corrected chi connectivity index (χ3v) is 14.9. The summed E-state index contributed by atoms with van der Waals surface area (Å²) in [5.74, 6) is 1.91. The number of hydrogen-bond donors (Lipinski definition) is 3. The lowest BCUT2D eigenvalue weighted by molar-refractivity contribution is -0.121. The summed E-state index contributed by atoms with van der Waals surface area (Å²) < 4.78 is 38.7. The molecule has 350 valence electrons. The van der Waals surface area contributed by atoms with E-state index in [1.165, 1.54) is 6.07 Å². The van der Waals surface area contributed by atoms with Gasteiger partial charge >= 0.3 is 6.01 Å². The maximum atomic E-state index is 17.1. The smallest absolute Gasteiger partial charge is 0.319 e. The number of aromatic nitrogens is 3. The molecule has 2 aliphatic carbocycles. The number of carbonyl (C=O) groups excluding carboxylic acids is 3. The SMILES string of the molecule is C#CC1=C(F)CCc2cc(O)cc(-c3ncc4c(N5CC6CCC(C5)N6)nc(OCC5(CN(C)CC6CCN(c7ccc8c(c7)C(=O)N(C(C=O)CCC(=O)NC)C8)CC6)CC5)nc4c3F)c21. The molecule has 2 amide bonds. The van der Waals surface area contributed by atoms with Crippen LogP contribution < -0.4 is 25.2 Å². The van der Waals surface area contributed by atoms with Gasteiger partial charge < -0.3 is 44.9 Å². The second kappa shape index (κ2) is 18.1. The average Bonchev–Trinajstić information content (AvgIpc) is 3.90. The molecule has 4 fully saturated rings. The molecule has 2 aromatic heterocycles. The predicted molar refractivity (Wildman–Crippen MR) is 251 cm³/mol. The first-order chi connectivity index (χ1) is 32.4. The molecule has 1 saturated carbocycles. The van der Waals surface area contributed by atoms with E-state index >= 15 is 8.78 Å². The van der Waals surface area contributed by atoms with Crippen LogP contribution in [0.3, 0.4) is 0 Å². The van der Waals surface area contributed by atoms with Crippen LogP contribution in [0, 0.1) is 29.5 Å². The first-order valence-electron chi connectivity index (χ1n) is 23.7. The predicted octanol–water partition coefficient (Wildman–Crippen LogP) is 5.79. The third-order valence-electron chi connectivity index (χ3n) is 14.9. The van der Waals surface area contributed by atoms with Crippen molar-refractivity contribution in [1.82, 2.24) is 35.4 Å². The zero-order valence-electron chi connectivity index (χ0n) is 38.1. The second-order valence-electron chi connectivity index (χ2n) is 19.6. The lowest BCUT2D eigenvalue weighted by atomic mass is 9.85. The van der Waals surface area contributed by atoms with E-state index in [1.807, 2.05) is 12.1 Å². The minimum atomic E-state index is -0.721. The van der Waals surface area contributed by atoms with Crippen molar-refractivity contribution in [2.24, 2.45) is 11.3 Å². The summed E-state index contributed by atoms with van der Waals surface area (Å²) >= 11 is 0. The number of hydrogen-bond acceptors (Lipinski definition) is 12. The van der Waals surface area contributed by atoms with Crippen molar-refractivity contribution >= 4 is 46.1 Å². The van der Waals surface area contributed by atoms with Gasteiger partial charge in [0.2, 0.25) is 5.91 Å². The van der Waals surface area contributed by atoms with Crippen molar-refractivity contribution < 1.29 is 33.0 Å². The fourth-order valence-electron chi connectivity index (χ4n) is 11.2. The number of benzene rings is 2. The van der Waals surface area contributed by atoms with Gasteiger partial charge in [0.25, 0.3) is 5.91 Å². The number of halogens is 2. The largest absolute Gasteiger partial charge is 0.508 e. The molecule has 10 rings (SSSR count). The van der Waals surface area contributed by atoms with Gasteiger partial charge in [0.1, 0.15) is 34.9 Å². The highest BCUT2D eigenvalue weighted by molar-refractivity contribution is 6.01. The Balaban J connectivity index is 0.811. The number of aromatic hydroxyl groups is 1. The molecular weight excluding hydrogens is 857 g/mol. The van der Waals surface area contributed by atoms with Crippen molar-refractivity contribution in [3.8, 4) is 35.4 Å². The Bertz CT molecular complexity index is 2700. The highest BCUT2D eigenvalue weighted by Gasteiger charge is 2.45. The molecule has 3 atom stereocenters. The van der Waals surface area contributed by atoms with Gasteiger partial charge in [0, 0.05) is 112 Å². The van der Waals surface area contributed by atoms with Crippen LogP contribution in [0.15, 0.2) is 42.4 Å². The van der Waals surface area contributed by atoms with Crippen molar-refractivity contribution in [3.05, 3.63) is 70.4 Å². The van der Waals surface area contributed by atoms with E-state index in [0.717, 1.165) is 82.2 Å². The molecule has 2 bridgehead atoms. The maximum absolute atomic E-state index is 17.1. The maximum Gasteiger partial charge on any atom is 0.319 e. The number of anilines is 2. The van der Waals surface area contributed by atoms with E-state index in [4.69, 9.17) is 21.1 Å². The standard InChI is InChI=1S/C51H57F2N9O5/c1-4-38-42(52)11-6-31-19-37(64)21-40(44(31)38)46-45(53)47-41(22-55-46)48(61-25-33-7-8-34(26-61)56-33)58-50(57-47)67-29-51(15-16-51)28-59(3)23-30-13-17-60(18-14-30)35-9-5-32-24-62(49(66)39(32)20-35)36(27-63)10-12-43(65)54-2/h1,5,9,19-22,27,30,33-34,36,56,64H,6-8,10-18,23-26,28-29H2,2-3H3,(H,54,65). The minimum absolute atomic E-state index is 0.0390. The number of pyridine rings is 1. The lowest BCUT2D eigenvalue weighted by Crippen LogP contribution is -2.51. The Labute approximate surface area is 389 Å². The molecule has 0 radical (unpaired) electrons. The van der Waals surface area contributed by atoms with E-state index in [2.05, 4.69) is 49.4 Å². The molecule has 67 heavy (non-hydrogen) atoms. The van der Waals surface area contributed by atoms with Gasteiger partial charge in [-0.25, -0.2) is 8.78 Å². The van der Waals surface area contributed by atoms with E-state index < -0.39 is 17.7 Å². The van der Waals surface area contributed by atoms with Gasteiger partial charge in [-0.3, -0.25) is 14.6 Å². The summed E-state index contributed by atoms with van der Waals surface area (Å²) in [6.07, 6.45) is 15.1. The van der Waals surface area contributed by atoms with Crippen LogP contribution in [0.25, 0.3) is 27.7 Å². The Morgan fingerprint density at radius 3 is 2.57 bits per heavy atom. The summed E-state index contributed by atoms with van der Waals surface area (Å²) in [7, 11) is 3.72. The number of phenolic OH excluding ortho intramolecular Hbond substituents is 1. The van der Waals surface area contributed by atoms with Crippen LogP contribution in [0.5, 0.6) is 11.8 Å². The number of rotatable bonds is 15. The molecule has 14 nitrogen and oxygen atoms in total. The summed E-state index contributed by atoms with van der Waals surface area (Å²) in [6.45, 7) is 5.62. The summed E-state index contributed by atoms with van der Waals surface area (Å²) in [6, 6.07) is 8.96. The topological polar surface area (TPSA) is 156 Å². The number of carbonyl (C=O) groups is 3. The number of allylic oxidation sites excluding steroid dienone is 2.